The van der Waals surface area contributed by atoms with Gasteiger partial charge in [-0.25, -0.2) is 0 Å². The van der Waals surface area contributed by atoms with E-state index in [0.717, 1.165) is 49.2 Å². The fourth-order valence-electron chi connectivity index (χ4n) is 5.35. The van der Waals surface area contributed by atoms with Gasteiger partial charge in [-0.3, -0.25) is 0 Å². The number of ether oxygens (including phenoxy) is 3. The average molecular weight is 737 g/mol. The molecule has 0 bridgehead atoms. The Labute approximate surface area is 286 Å². The molecule has 5 heteroatoms. The van der Waals surface area contributed by atoms with Crippen molar-refractivity contribution in [3.8, 4) is 0 Å². The molecule has 43 heavy (non-hydrogen) atoms. The Balaban J connectivity index is 4.40. The van der Waals surface area contributed by atoms with Crippen molar-refractivity contribution in [2.24, 2.45) is 0 Å². The number of halogens is 2. The van der Waals surface area contributed by atoms with Gasteiger partial charge in [0, 0.05) is 10.7 Å². The number of hydrogen-bond donors (Lipinski definition) is 0. The van der Waals surface area contributed by atoms with Crippen LogP contribution < -0.4 is 0 Å². The van der Waals surface area contributed by atoms with Crippen LogP contribution in [0.2, 0.25) is 0 Å². The van der Waals surface area contributed by atoms with Crippen LogP contribution in [-0.4, -0.2) is 36.5 Å². The summed E-state index contributed by atoms with van der Waals surface area (Å²) in [5.74, 6) is 0. The number of allylic oxidation sites excluding steroid dienone is 4. The number of alkyl halides is 2. The summed E-state index contributed by atoms with van der Waals surface area (Å²) in [7, 11) is 0. The molecule has 0 fully saturated rings. The van der Waals surface area contributed by atoms with E-state index in [9.17, 15) is 0 Å². The normalized spacial score (nSPS) is 13.5. The van der Waals surface area contributed by atoms with Crippen molar-refractivity contribution in [3.63, 3.8) is 0 Å². The van der Waals surface area contributed by atoms with Crippen LogP contribution in [0, 0.1) is 0 Å². The summed E-state index contributed by atoms with van der Waals surface area (Å²) in [6, 6.07) is 0. The minimum Gasteiger partial charge on any atom is -0.352 e. The lowest BCUT2D eigenvalue weighted by Crippen LogP contribution is -2.19. The van der Waals surface area contributed by atoms with Gasteiger partial charge in [0.25, 0.3) is 0 Å². The van der Waals surface area contributed by atoms with Crippen molar-refractivity contribution >= 4 is 31.9 Å². The number of hydrogen-bond acceptors (Lipinski definition) is 3. The van der Waals surface area contributed by atoms with Gasteiger partial charge >= 0.3 is 0 Å². The summed E-state index contributed by atoms with van der Waals surface area (Å²) < 4.78 is 18.3. The molecular formula is C38H72Br2O3. The minimum absolute atomic E-state index is 0.282. The van der Waals surface area contributed by atoms with E-state index >= 15 is 0 Å². The second kappa shape index (κ2) is 38.5. The van der Waals surface area contributed by atoms with Crippen molar-refractivity contribution in [1.29, 1.82) is 0 Å². The minimum atomic E-state index is 0.282. The van der Waals surface area contributed by atoms with Crippen LogP contribution in [0.25, 0.3) is 0 Å². The first-order valence-electron chi connectivity index (χ1n) is 18.5. The highest BCUT2D eigenvalue weighted by atomic mass is 79.9. The van der Waals surface area contributed by atoms with Crippen LogP contribution >= 0.6 is 31.9 Å². The molecule has 2 unspecified atom stereocenters. The molecule has 0 aromatic heterocycles. The zero-order valence-corrected chi connectivity index (χ0v) is 31.8. The van der Waals surface area contributed by atoms with Crippen LogP contribution in [0.4, 0.5) is 0 Å². The average Bonchev–Trinajstić information content (AvgIpc) is 3.01. The van der Waals surface area contributed by atoms with Gasteiger partial charge in [0.2, 0.25) is 0 Å². The summed E-state index contributed by atoms with van der Waals surface area (Å²) in [6.07, 6.45) is 42.8. The van der Waals surface area contributed by atoms with E-state index in [4.69, 9.17) is 14.2 Å². The second-order valence-corrected chi connectivity index (χ2v) is 13.9. The first-order chi connectivity index (χ1) is 21.3. The van der Waals surface area contributed by atoms with E-state index < -0.39 is 0 Å². The molecule has 2 atom stereocenters. The van der Waals surface area contributed by atoms with E-state index in [0.29, 0.717) is 13.6 Å². The van der Waals surface area contributed by atoms with Crippen LogP contribution in [0.5, 0.6) is 0 Å². The maximum absolute atomic E-state index is 6.23. The fourth-order valence-corrected chi connectivity index (χ4v) is 6.14. The lowest BCUT2D eigenvalue weighted by molar-refractivity contribution is -0.167. The summed E-state index contributed by atoms with van der Waals surface area (Å²) in [5.41, 5.74) is 0. The third-order valence-corrected chi connectivity index (χ3v) is 9.31. The van der Waals surface area contributed by atoms with E-state index in [1.165, 1.54) is 128 Å². The molecule has 0 amide bonds. The summed E-state index contributed by atoms with van der Waals surface area (Å²) in [6.45, 7) is 5.24. The molecule has 0 aliphatic rings. The summed E-state index contributed by atoms with van der Waals surface area (Å²) >= 11 is 7.04. The molecule has 0 heterocycles. The van der Waals surface area contributed by atoms with Crippen molar-refractivity contribution in [1.82, 2.24) is 0 Å². The Hall–Kier alpha value is 0.320. The molecule has 0 N–H and O–H groups in total. The molecule has 0 saturated heterocycles. The number of rotatable bonds is 36. The van der Waals surface area contributed by atoms with E-state index in [1.807, 2.05) is 0 Å². The fraction of sp³-hybridized carbons (Fsp3) is 0.895. The summed E-state index contributed by atoms with van der Waals surface area (Å²) in [4.78, 5) is 0. The van der Waals surface area contributed by atoms with E-state index in [2.05, 4.69) is 70.0 Å². The van der Waals surface area contributed by atoms with Gasteiger partial charge < -0.3 is 14.2 Å². The molecule has 0 rings (SSSR count). The maximum atomic E-state index is 6.23. The van der Waals surface area contributed by atoms with Crippen molar-refractivity contribution in [3.05, 3.63) is 24.3 Å². The highest BCUT2D eigenvalue weighted by molar-refractivity contribution is 9.09. The zero-order valence-electron chi connectivity index (χ0n) is 28.7. The van der Waals surface area contributed by atoms with Crippen LogP contribution in [0.3, 0.4) is 0 Å². The predicted octanol–water partition coefficient (Wildman–Crippen LogP) is 13.8. The largest absolute Gasteiger partial charge is 0.352 e. The van der Waals surface area contributed by atoms with Crippen LogP contribution in [-0.2, 0) is 14.2 Å². The monoisotopic (exact) mass is 734 g/mol. The van der Waals surface area contributed by atoms with Gasteiger partial charge in [0.15, 0.2) is 0 Å². The second-order valence-electron chi connectivity index (χ2n) is 12.3. The van der Waals surface area contributed by atoms with E-state index in [-0.39, 0.29) is 12.2 Å². The Morgan fingerprint density at radius 2 is 0.791 bits per heavy atom. The zero-order chi connectivity index (χ0) is 31.3. The maximum Gasteiger partial charge on any atom is 0.149 e. The Morgan fingerprint density at radius 1 is 0.419 bits per heavy atom. The van der Waals surface area contributed by atoms with Crippen LogP contribution in [0.1, 0.15) is 181 Å². The van der Waals surface area contributed by atoms with Crippen molar-refractivity contribution < 1.29 is 14.2 Å². The lowest BCUT2D eigenvalue weighted by atomic mass is 10.0. The topological polar surface area (TPSA) is 27.7 Å². The smallest absolute Gasteiger partial charge is 0.149 e. The first-order valence-corrected chi connectivity index (χ1v) is 20.8. The molecule has 3 nitrogen and oxygen atoms in total. The van der Waals surface area contributed by atoms with Gasteiger partial charge in [0.1, 0.15) is 13.6 Å². The number of unbranched alkanes of at least 4 members (excludes halogenated alkanes) is 16. The van der Waals surface area contributed by atoms with Crippen molar-refractivity contribution in [2.75, 3.05) is 24.2 Å². The Bertz CT molecular complexity index is 521. The SMILES string of the molecule is CCCCCCCC(CCC=CCCCCCCBr)OCOCOC(CCC=CCCCCCCBr)CCCCCCC. The van der Waals surface area contributed by atoms with Crippen LogP contribution in [0.15, 0.2) is 24.3 Å². The third-order valence-electron chi connectivity index (χ3n) is 8.19. The lowest BCUT2D eigenvalue weighted by Gasteiger charge is -2.20. The van der Waals surface area contributed by atoms with Gasteiger partial charge in [-0.15, -0.1) is 0 Å². The highest BCUT2D eigenvalue weighted by Gasteiger charge is 2.11. The molecule has 0 aromatic carbocycles. The molecule has 0 aromatic rings. The van der Waals surface area contributed by atoms with E-state index in [1.54, 1.807) is 0 Å². The van der Waals surface area contributed by atoms with Gasteiger partial charge in [-0.1, -0.05) is 160 Å². The summed E-state index contributed by atoms with van der Waals surface area (Å²) in [5, 5.41) is 2.27. The Morgan fingerprint density at radius 3 is 1.21 bits per heavy atom. The highest BCUT2D eigenvalue weighted by Crippen LogP contribution is 2.17. The van der Waals surface area contributed by atoms with Gasteiger partial charge in [-0.2, -0.15) is 0 Å². The molecule has 0 radical (unpaired) electrons. The molecular weight excluding hydrogens is 664 g/mol. The van der Waals surface area contributed by atoms with Gasteiger partial charge in [0.05, 0.1) is 12.2 Å². The molecule has 0 aliphatic heterocycles. The van der Waals surface area contributed by atoms with Crippen molar-refractivity contribution in [2.45, 2.75) is 193 Å². The molecule has 0 aliphatic carbocycles. The quantitative estimate of drug-likeness (QED) is 0.0277. The predicted molar refractivity (Wildman–Crippen MR) is 198 cm³/mol. The first kappa shape index (κ1) is 43.3. The Kier molecular flexibility index (Phi) is 38.8. The van der Waals surface area contributed by atoms with Gasteiger partial charge in [-0.05, 0) is 77.0 Å². The molecule has 256 valence electrons. The molecule has 0 saturated carbocycles. The third kappa shape index (κ3) is 35.0. The standard InChI is InChI=1S/C38H72Br2O3/c1-3-5-7-17-23-29-37(31-25-19-13-9-11-15-21-27-33-39)42-35-41-36-43-38(30-24-18-8-6-4-2)32-26-20-14-10-12-16-22-28-34-40/h13-14,19-20,37-38H,3-12,15-18,21-36H2,1-2H3. The molecule has 0 spiro atoms.